The number of hydrogen-bond donors (Lipinski definition) is 1. The molecule has 6 nitrogen and oxygen atoms in total. The van der Waals surface area contributed by atoms with Crippen molar-refractivity contribution in [3.63, 3.8) is 0 Å². The molecule has 30 heavy (non-hydrogen) atoms. The zero-order chi connectivity index (χ0) is 22.1. The number of amides is 1. The summed E-state index contributed by atoms with van der Waals surface area (Å²) in [6.07, 6.45) is 0.978. The predicted molar refractivity (Wildman–Crippen MR) is 106 cm³/mol. The lowest BCUT2D eigenvalue weighted by Crippen LogP contribution is -2.27. The first-order chi connectivity index (χ1) is 14.2. The van der Waals surface area contributed by atoms with Crippen molar-refractivity contribution in [3.05, 3.63) is 63.7 Å². The summed E-state index contributed by atoms with van der Waals surface area (Å²) in [5.74, 6) is 2.45. The highest BCUT2D eigenvalue weighted by Crippen LogP contribution is 2.36. The molecule has 0 saturated heterocycles. The summed E-state index contributed by atoms with van der Waals surface area (Å²) >= 11 is 0.805. The van der Waals surface area contributed by atoms with Crippen LogP contribution in [0.3, 0.4) is 0 Å². The molecule has 0 aliphatic heterocycles. The van der Waals surface area contributed by atoms with Gasteiger partial charge in [0.05, 0.1) is 21.1 Å². The van der Waals surface area contributed by atoms with Gasteiger partial charge >= 0.3 is 6.18 Å². The molecule has 0 aromatic heterocycles. The molecule has 2 aromatic carbocycles. The van der Waals surface area contributed by atoms with Crippen molar-refractivity contribution in [2.24, 2.45) is 0 Å². The molecule has 158 valence electrons. The molecule has 0 radical (unpaired) electrons. The van der Waals surface area contributed by atoms with Crippen LogP contribution < -0.4 is 10.1 Å². The Balaban J connectivity index is 1.84. The molecule has 0 bridgehead atoms. The number of benzene rings is 2. The minimum absolute atomic E-state index is 0.00860. The fourth-order valence-electron chi connectivity index (χ4n) is 2.38. The van der Waals surface area contributed by atoms with Crippen molar-refractivity contribution < 1.29 is 27.6 Å². The second kappa shape index (κ2) is 10.5. The Hall–Kier alpha value is -3.19. The van der Waals surface area contributed by atoms with Crippen molar-refractivity contribution in [3.8, 4) is 18.1 Å². The highest BCUT2D eigenvalue weighted by atomic mass is 32.2. The number of rotatable bonds is 9. The van der Waals surface area contributed by atoms with E-state index in [1.807, 2.05) is 12.1 Å². The Morgan fingerprint density at radius 1 is 1.23 bits per heavy atom. The molecule has 1 amide bonds. The van der Waals surface area contributed by atoms with Crippen molar-refractivity contribution >= 4 is 23.4 Å². The van der Waals surface area contributed by atoms with Crippen LogP contribution in [0.2, 0.25) is 0 Å². The third kappa shape index (κ3) is 7.00. The Labute approximate surface area is 175 Å². The number of nitrogens with zero attached hydrogens (tertiary/aromatic N) is 1. The molecule has 1 N–H and O–H groups in total. The maximum atomic E-state index is 12.7. The summed E-state index contributed by atoms with van der Waals surface area (Å²) in [4.78, 5) is 22.1. The summed E-state index contributed by atoms with van der Waals surface area (Å²) in [5.41, 5.74) is -0.845. The van der Waals surface area contributed by atoms with E-state index in [1.165, 1.54) is 0 Å². The lowest BCUT2D eigenvalue weighted by molar-refractivity contribution is -0.388. The molecule has 2 aromatic rings. The van der Waals surface area contributed by atoms with Gasteiger partial charge in [0.25, 0.3) is 5.69 Å². The van der Waals surface area contributed by atoms with E-state index in [0.717, 1.165) is 29.5 Å². The first kappa shape index (κ1) is 23.1. The maximum Gasteiger partial charge on any atom is 0.416 e. The highest BCUT2D eigenvalue weighted by Gasteiger charge is 2.33. The minimum Gasteiger partial charge on any atom is -0.481 e. The Morgan fingerprint density at radius 3 is 2.53 bits per heavy atom. The van der Waals surface area contributed by atoms with Crippen LogP contribution in [0.1, 0.15) is 11.1 Å². The highest BCUT2D eigenvalue weighted by molar-refractivity contribution is 8.00. The topological polar surface area (TPSA) is 81.5 Å². The molecule has 0 aliphatic carbocycles. The van der Waals surface area contributed by atoms with Gasteiger partial charge in [0.1, 0.15) is 12.4 Å². The standard InChI is InChI=1S/C20H17F3N2O4S/c1-2-11-29-16-6-3-14(4-7-16)9-10-24-19(26)13-30-18-8-5-15(20(21,22)23)12-17(18)25(27)28/h1,3-8,12H,9-11,13H2,(H,24,26). The van der Waals surface area contributed by atoms with Crippen molar-refractivity contribution in [1.82, 2.24) is 5.32 Å². The number of nitrogens with one attached hydrogen (secondary N) is 1. The predicted octanol–water partition coefficient (Wildman–Crippen LogP) is 4.08. The van der Waals surface area contributed by atoms with E-state index in [1.54, 1.807) is 12.1 Å². The van der Waals surface area contributed by atoms with Gasteiger partial charge in [0, 0.05) is 12.6 Å². The second-order valence-corrected chi connectivity index (χ2v) is 6.98. The van der Waals surface area contributed by atoms with Gasteiger partial charge in [-0.25, -0.2) is 0 Å². The van der Waals surface area contributed by atoms with Crippen LogP contribution >= 0.6 is 11.8 Å². The van der Waals surface area contributed by atoms with Crippen molar-refractivity contribution in [2.45, 2.75) is 17.5 Å². The van der Waals surface area contributed by atoms with E-state index in [-0.39, 0.29) is 23.2 Å². The first-order valence-electron chi connectivity index (χ1n) is 8.61. The number of carbonyl (C=O) groups is 1. The Morgan fingerprint density at radius 2 is 1.93 bits per heavy atom. The third-order valence-corrected chi connectivity index (χ3v) is 4.89. The molecule has 0 aliphatic rings. The van der Waals surface area contributed by atoms with Gasteiger partial charge in [0.2, 0.25) is 5.91 Å². The number of halogens is 3. The number of nitro benzene ring substituents is 1. The van der Waals surface area contributed by atoms with Gasteiger partial charge in [-0.3, -0.25) is 14.9 Å². The summed E-state index contributed by atoms with van der Waals surface area (Å²) in [5, 5.41) is 13.7. The zero-order valence-corrected chi connectivity index (χ0v) is 16.4. The zero-order valence-electron chi connectivity index (χ0n) is 15.6. The van der Waals surface area contributed by atoms with Gasteiger partial charge in [-0.2, -0.15) is 13.2 Å². The number of carbonyl (C=O) groups excluding carboxylic acids is 1. The molecule has 0 spiro atoms. The monoisotopic (exact) mass is 438 g/mol. The van der Waals surface area contributed by atoms with Gasteiger partial charge in [-0.15, -0.1) is 18.2 Å². The third-order valence-electron chi connectivity index (χ3n) is 3.82. The first-order valence-corrected chi connectivity index (χ1v) is 9.59. The average molecular weight is 438 g/mol. The number of alkyl halides is 3. The van der Waals surface area contributed by atoms with E-state index in [0.29, 0.717) is 24.8 Å². The van der Waals surface area contributed by atoms with E-state index in [2.05, 4.69) is 11.2 Å². The number of hydrogen-bond acceptors (Lipinski definition) is 5. The van der Waals surface area contributed by atoms with Gasteiger partial charge in [-0.1, -0.05) is 18.1 Å². The molecule has 0 fully saturated rings. The molecule has 0 atom stereocenters. The quantitative estimate of drug-likeness (QED) is 0.276. The molecule has 0 heterocycles. The fraction of sp³-hybridized carbons (Fsp3) is 0.250. The largest absolute Gasteiger partial charge is 0.481 e. The smallest absolute Gasteiger partial charge is 0.416 e. The van der Waals surface area contributed by atoms with Gasteiger partial charge < -0.3 is 10.1 Å². The molecule has 10 heteroatoms. The average Bonchev–Trinajstić information content (AvgIpc) is 2.70. The molecule has 0 unspecified atom stereocenters. The minimum atomic E-state index is -4.68. The number of terminal acetylenes is 1. The van der Waals surface area contributed by atoms with Gasteiger partial charge in [-0.05, 0) is 36.2 Å². The van der Waals surface area contributed by atoms with Crippen LogP contribution in [0.25, 0.3) is 0 Å². The fourth-order valence-corrected chi connectivity index (χ4v) is 3.21. The van der Waals surface area contributed by atoms with E-state index in [9.17, 15) is 28.1 Å². The number of ether oxygens (including phenoxy) is 1. The molecule has 0 saturated carbocycles. The Bertz CT molecular complexity index is 941. The van der Waals surface area contributed by atoms with Crippen molar-refractivity contribution in [2.75, 3.05) is 18.9 Å². The van der Waals surface area contributed by atoms with Crippen LogP contribution in [-0.4, -0.2) is 29.7 Å². The Kier molecular flexibility index (Phi) is 8.12. The normalized spacial score (nSPS) is 10.9. The summed E-state index contributed by atoms with van der Waals surface area (Å²) in [6, 6.07) is 9.41. The van der Waals surface area contributed by atoms with Crippen LogP contribution in [0, 0.1) is 22.5 Å². The van der Waals surface area contributed by atoms with Crippen LogP contribution in [0.5, 0.6) is 5.75 Å². The molecule has 2 rings (SSSR count). The van der Waals surface area contributed by atoms with E-state index < -0.39 is 22.4 Å². The molecular weight excluding hydrogens is 421 g/mol. The summed E-state index contributed by atoms with van der Waals surface area (Å²) in [6.45, 7) is 0.503. The lowest BCUT2D eigenvalue weighted by Gasteiger charge is -2.09. The summed E-state index contributed by atoms with van der Waals surface area (Å²) in [7, 11) is 0. The van der Waals surface area contributed by atoms with Crippen molar-refractivity contribution in [1.29, 1.82) is 0 Å². The van der Waals surface area contributed by atoms with Gasteiger partial charge in [0.15, 0.2) is 0 Å². The SMILES string of the molecule is C#CCOc1ccc(CCNC(=O)CSc2ccc(C(F)(F)F)cc2[N+](=O)[O-])cc1. The number of thioether (sulfide) groups is 1. The number of nitro groups is 1. The molecular formula is C20H17F3N2O4S. The lowest BCUT2D eigenvalue weighted by atomic mass is 10.1. The summed E-state index contributed by atoms with van der Waals surface area (Å²) < 4.78 is 43.4. The van der Waals surface area contributed by atoms with E-state index in [4.69, 9.17) is 11.2 Å². The van der Waals surface area contributed by atoms with Crippen LogP contribution in [0.4, 0.5) is 18.9 Å². The second-order valence-electron chi connectivity index (χ2n) is 5.96. The van der Waals surface area contributed by atoms with Crippen LogP contribution in [-0.2, 0) is 17.4 Å². The van der Waals surface area contributed by atoms with E-state index >= 15 is 0 Å². The maximum absolute atomic E-state index is 12.7. The van der Waals surface area contributed by atoms with Crippen LogP contribution in [0.15, 0.2) is 47.4 Å².